The van der Waals surface area contributed by atoms with Gasteiger partial charge in [-0.3, -0.25) is 9.11 Å². The second-order valence-corrected chi connectivity index (χ2v) is 15.4. The van der Waals surface area contributed by atoms with Gasteiger partial charge in [0.15, 0.2) is 0 Å². The maximum absolute atomic E-state index is 11.5. The highest BCUT2D eigenvalue weighted by Crippen LogP contribution is 2.67. The first kappa shape index (κ1) is 31.1. The van der Waals surface area contributed by atoms with Gasteiger partial charge in [0.05, 0.1) is 6.61 Å². The minimum atomic E-state index is -4.66. The van der Waals surface area contributed by atoms with Crippen molar-refractivity contribution in [2.24, 2.45) is 46.3 Å². The number of hydrogen-bond acceptors (Lipinski definition) is 7. The molecule has 0 heterocycles. The highest BCUT2D eigenvalue weighted by atomic mass is 32.3. The zero-order chi connectivity index (χ0) is 29.0. The summed E-state index contributed by atoms with van der Waals surface area (Å²) in [6.45, 7) is 12.9. The molecular weight excluding hydrogens is 544 g/mol. The first-order chi connectivity index (χ1) is 18.0. The van der Waals surface area contributed by atoms with Gasteiger partial charge in [0.2, 0.25) is 0 Å². The molecule has 9 atom stereocenters. The van der Waals surface area contributed by atoms with Gasteiger partial charge in [-0.2, -0.15) is 16.8 Å². The molecule has 4 aliphatic carbocycles. The molecule has 0 bridgehead atoms. The number of aliphatic hydroxyl groups is 1. The van der Waals surface area contributed by atoms with Crippen molar-refractivity contribution in [2.45, 2.75) is 97.7 Å². The molecule has 4 aliphatic rings. The van der Waals surface area contributed by atoms with Crippen LogP contribution in [-0.2, 0) is 29.2 Å². The molecule has 0 aliphatic heterocycles. The second kappa shape index (κ2) is 11.1. The quantitative estimate of drug-likeness (QED) is 0.232. The zero-order valence-corrected chi connectivity index (χ0v) is 25.2. The summed E-state index contributed by atoms with van der Waals surface area (Å²) >= 11 is 0. The van der Waals surface area contributed by atoms with Gasteiger partial charge in [0, 0.05) is 0 Å². The van der Waals surface area contributed by atoms with Gasteiger partial charge in [0.1, 0.15) is 12.2 Å². The van der Waals surface area contributed by atoms with E-state index < -0.39 is 33.0 Å². The lowest BCUT2D eigenvalue weighted by Gasteiger charge is -2.59. The van der Waals surface area contributed by atoms with Gasteiger partial charge in [-0.25, -0.2) is 8.37 Å². The monoisotopic (exact) mass is 590 g/mol. The third kappa shape index (κ3) is 6.34. The number of rotatable bonds is 10. The average molecular weight is 591 g/mol. The van der Waals surface area contributed by atoms with Crippen LogP contribution >= 0.6 is 0 Å². The fraction of sp³-hybridized carbons (Fsp3) is 0.857. The molecule has 3 fully saturated rings. The van der Waals surface area contributed by atoms with Crippen molar-refractivity contribution in [1.29, 1.82) is 0 Å². The van der Waals surface area contributed by atoms with Crippen LogP contribution in [0.4, 0.5) is 0 Å². The van der Waals surface area contributed by atoms with Crippen molar-refractivity contribution in [3.05, 3.63) is 23.8 Å². The zero-order valence-electron chi connectivity index (χ0n) is 23.6. The van der Waals surface area contributed by atoms with E-state index in [1.165, 1.54) is 0 Å². The number of allylic oxidation sites excluding steroid dienone is 2. The number of aliphatic hydroxyl groups excluding tert-OH is 1. The molecule has 224 valence electrons. The van der Waals surface area contributed by atoms with E-state index in [2.05, 4.69) is 40.3 Å². The van der Waals surface area contributed by atoms with Crippen LogP contribution in [0.3, 0.4) is 0 Å². The molecule has 3 N–H and O–H groups in total. The molecule has 0 aromatic carbocycles. The fourth-order valence-corrected chi connectivity index (χ4v) is 9.87. The third-order valence-corrected chi connectivity index (χ3v) is 12.0. The van der Waals surface area contributed by atoms with Crippen LogP contribution in [-0.4, -0.2) is 49.9 Å². The fourth-order valence-electron chi connectivity index (χ4n) is 9.01. The lowest BCUT2D eigenvalue weighted by atomic mass is 9.46. The Labute approximate surface area is 234 Å². The highest BCUT2D eigenvalue weighted by Gasteiger charge is 2.60. The van der Waals surface area contributed by atoms with E-state index in [0.29, 0.717) is 36.5 Å². The van der Waals surface area contributed by atoms with Crippen LogP contribution in [0.5, 0.6) is 0 Å². The summed E-state index contributed by atoms with van der Waals surface area (Å²) < 4.78 is 73.8. The normalized spacial score (nSPS) is 39.4. The SMILES string of the molecule is C=C(CCC(COS(=O)(=O)O)C1CCC2C3CC=C4C(O)C(OS(=O)(=O)O)CCC4(C)C3CCC12C)C(C)C. The molecule has 4 rings (SSSR count). The Bertz CT molecular complexity index is 1180. The van der Waals surface area contributed by atoms with Crippen LogP contribution in [0.25, 0.3) is 0 Å². The standard InChI is InChI=1S/C28H46O9S2/c1-17(2)18(3)6-7-19(16-36-38(30,31)32)21-10-11-22-20-8-9-24-26(29)25(37-39(33,34)35)13-15-28(24,5)23(20)12-14-27(21,22)4/h9,17,19-23,25-26,29H,3,6-8,10-16H2,1-2,4-5H3,(H,30,31,32)(H,33,34,35). The van der Waals surface area contributed by atoms with Crippen LogP contribution in [0, 0.1) is 46.3 Å². The predicted molar refractivity (Wildman–Crippen MR) is 147 cm³/mol. The average Bonchev–Trinajstić information content (AvgIpc) is 3.16. The van der Waals surface area contributed by atoms with Crippen LogP contribution in [0.1, 0.15) is 85.5 Å². The Morgan fingerprint density at radius 3 is 2.36 bits per heavy atom. The van der Waals surface area contributed by atoms with Gasteiger partial charge in [0.25, 0.3) is 0 Å². The minimum Gasteiger partial charge on any atom is -0.386 e. The van der Waals surface area contributed by atoms with E-state index in [-0.39, 0.29) is 29.3 Å². The molecule has 0 saturated heterocycles. The van der Waals surface area contributed by atoms with E-state index in [0.717, 1.165) is 56.1 Å². The molecule has 3 saturated carbocycles. The summed E-state index contributed by atoms with van der Waals surface area (Å²) in [4.78, 5) is 0. The maximum atomic E-state index is 11.5. The van der Waals surface area contributed by atoms with Crippen molar-refractivity contribution in [1.82, 2.24) is 0 Å². The van der Waals surface area contributed by atoms with Crippen molar-refractivity contribution in [3.8, 4) is 0 Å². The lowest BCUT2D eigenvalue weighted by molar-refractivity contribution is -0.0787. The largest absolute Gasteiger partial charge is 0.397 e. The molecule has 0 spiro atoms. The van der Waals surface area contributed by atoms with Crippen LogP contribution in [0.2, 0.25) is 0 Å². The van der Waals surface area contributed by atoms with Crippen LogP contribution < -0.4 is 0 Å². The Morgan fingerprint density at radius 2 is 1.74 bits per heavy atom. The van der Waals surface area contributed by atoms with Gasteiger partial charge in [-0.05, 0) is 110 Å². The summed E-state index contributed by atoms with van der Waals surface area (Å²) in [5.74, 6) is 1.75. The van der Waals surface area contributed by atoms with E-state index in [4.69, 9.17) is 8.37 Å². The predicted octanol–water partition coefficient (Wildman–Crippen LogP) is 5.15. The first-order valence-corrected chi connectivity index (χ1v) is 17.0. The maximum Gasteiger partial charge on any atom is 0.397 e. The summed E-state index contributed by atoms with van der Waals surface area (Å²) in [5, 5.41) is 11.0. The molecule has 39 heavy (non-hydrogen) atoms. The topological polar surface area (TPSA) is 147 Å². The van der Waals surface area contributed by atoms with E-state index in [1.54, 1.807) is 0 Å². The Hall–Kier alpha value is -0.820. The van der Waals surface area contributed by atoms with E-state index >= 15 is 0 Å². The second-order valence-electron chi connectivity index (χ2n) is 13.3. The molecule has 0 amide bonds. The van der Waals surface area contributed by atoms with E-state index in [1.807, 2.05) is 0 Å². The summed E-state index contributed by atoms with van der Waals surface area (Å²) in [7, 11) is -9.19. The Morgan fingerprint density at radius 1 is 1.05 bits per heavy atom. The van der Waals surface area contributed by atoms with Gasteiger partial charge in [-0.1, -0.05) is 45.9 Å². The highest BCUT2D eigenvalue weighted by molar-refractivity contribution is 7.81. The van der Waals surface area contributed by atoms with Crippen molar-refractivity contribution >= 4 is 20.8 Å². The van der Waals surface area contributed by atoms with Crippen molar-refractivity contribution in [3.63, 3.8) is 0 Å². The molecular formula is C28H46O9S2. The number of fused-ring (bicyclic) bond motifs is 5. The van der Waals surface area contributed by atoms with Gasteiger partial charge in [-0.15, -0.1) is 0 Å². The number of hydrogen-bond donors (Lipinski definition) is 3. The molecule has 0 radical (unpaired) electrons. The molecule has 0 aromatic rings. The summed E-state index contributed by atoms with van der Waals surface area (Å²) in [5.41, 5.74) is 1.68. The Kier molecular flexibility index (Phi) is 8.87. The molecule has 9 nitrogen and oxygen atoms in total. The van der Waals surface area contributed by atoms with Crippen molar-refractivity contribution < 1.29 is 39.4 Å². The minimum absolute atomic E-state index is 0.000819. The lowest BCUT2D eigenvalue weighted by Crippen LogP contribution is -2.54. The van der Waals surface area contributed by atoms with Crippen molar-refractivity contribution in [2.75, 3.05) is 6.61 Å². The molecule has 9 unspecified atom stereocenters. The van der Waals surface area contributed by atoms with E-state index in [9.17, 15) is 31.0 Å². The Balaban J connectivity index is 1.56. The third-order valence-electron chi connectivity index (χ3n) is 11.1. The van der Waals surface area contributed by atoms with Crippen LogP contribution in [0.15, 0.2) is 23.8 Å². The smallest absolute Gasteiger partial charge is 0.386 e. The van der Waals surface area contributed by atoms with Gasteiger partial charge >= 0.3 is 20.8 Å². The first-order valence-electron chi connectivity index (χ1n) is 14.3. The molecule has 0 aromatic heterocycles. The summed E-state index contributed by atoms with van der Waals surface area (Å²) in [6.07, 6.45) is 7.31. The molecule has 11 heteroatoms. The van der Waals surface area contributed by atoms with Gasteiger partial charge < -0.3 is 5.11 Å². The summed E-state index contributed by atoms with van der Waals surface area (Å²) in [6, 6.07) is 0.